The molecule has 0 amide bonds. The van der Waals surface area contributed by atoms with E-state index in [-0.39, 0.29) is 12.4 Å². The predicted molar refractivity (Wildman–Crippen MR) is 77.8 cm³/mol. The highest BCUT2D eigenvalue weighted by molar-refractivity contribution is 5.85. The Bertz CT molecular complexity index is 358. The molecule has 1 aromatic carbocycles. The van der Waals surface area contributed by atoms with Crippen molar-refractivity contribution in [1.82, 2.24) is 5.32 Å². The van der Waals surface area contributed by atoms with E-state index in [0.717, 1.165) is 0 Å². The van der Waals surface area contributed by atoms with E-state index in [0.29, 0.717) is 6.04 Å². The number of aryl methyl sites for hydroxylation is 2. The minimum atomic E-state index is 0. The normalized spacial score (nSPS) is 20.2. The molecule has 1 saturated heterocycles. The first-order valence-corrected chi connectivity index (χ1v) is 6.25. The number of hydrogen-bond acceptors (Lipinski definition) is 1. The number of nitrogens with one attached hydrogen (secondary N) is 1. The number of hydrogen-bond donors (Lipinski definition) is 1. The lowest BCUT2D eigenvalue weighted by Gasteiger charge is -2.20. The molecule has 1 atom stereocenters. The van der Waals surface area contributed by atoms with Crippen LogP contribution in [0.5, 0.6) is 0 Å². The summed E-state index contributed by atoms with van der Waals surface area (Å²) in [5.74, 6) is 0. The van der Waals surface area contributed by atoms with Crippen LogP contribution in [0.1, 0.15) is 36.0 Å². The van der Waals surface area contributed by atoms with Gasteiger partial charge >= 0.3 is 0 Å². The van der Waals surface area contributed by atoms with Crippen molar-refractivity contribution < 1.29 is 0 Å². The zero-order valence-electron chi connectivity index (χ0n) is 10.7. The smallest absolute Gasteiger partial charge is 0.0253 e. The first kappa shape index (κ1) is 14.3. The van der Waals surface area contributed by atoms with Gasteiger partial charge in [-0.2, -0.15) is 0 Å². The van der Waals surface area contributed by atoms with Crippen LogP contribution in [-0.2, 0) is 0 Å². The minimum absolute atomic E-state index is 0. The maximum Gasteiger partial charge on any atom is 0.0253 e. The van der Waals surface area contributed by atoms with Crippen molar-refractivity contribution in [1.29, 1.82) is 0 Å². The second-order valence-electron chi connectivity index (χ2n) is 4.72. The van der Waals surface area contributed by atoms with Gasteiger partial charge in [-0.15, -0.1) is 12.4 Å². The second-order valence-corrected chi connectivity index (χ2v) is 4.72. The summed E-state index contributed by atoms with van der Waals surface area (Å²) in [4.78, 5) is 0. The summed E-state index contributed by atoms with van der Waals surface area (Å²) in [6.45, 7) is 5.53. The molecule has 2 heteroatoms. The van der Waals surface area contributed by atoms with Gasteiger partial charge in [0.1, 0.15) is 0 Å². The Morgan fingerprint density at radius 2 is 1.88 bits per heavy atom. The maximum absolute atomic E-state index is 3.54. The van der Waals surface area contributed by atoms with Crippen molar-refractivity contribution in [3.8, 4) is 0 Å². The van der Waals surface area contributed by atoms with Crippen LogP contribution in [0.15, 0.2) is 24.3 Å². The molecule has 1 heterocycles. The lowest BCUT2D eigenvalue weighted by molar-refractivity contribution is 0.455. The van der Waals surface area contributed by atoms with Gasteiger partial charge in [0, 0.05) is 6.04 Å². The molecule has 0 radical (unpaired) electrons. The van der Waals surface area contributed by atoms with E-state index >= 15 is 0 Å². The van der Waals surface area contributed by atoms with Crippen molar-refractivity contribution in [2.75, 3.05) is 6.54 Å². The van der Waals surface area contributed by atoms with Gasteiger partial charge in [0.15, 0.2) is 0 Å². The zero-order valence-corrected chi connectivity index (χ0v) is 11.5. The van der Waals surface area contributed by atoms with E-state index in [2.05, 4.69) is 49.5 Å². The highest BCUT2D eigenvalue weighted by atomic mass is 35.5. The first-order chi connectivity index (χ1) is 7.77. The van der Waals surface area contributed by atoms with E-state index in [1.807, 2.05) is 0 Å². The van der Waals surface area contributed by atoms with Crippen LogP contribution in [0.3, 0.4) is 0 Å². The van der Waals surface area contributed by atoms with Crippen LogP contribution in [0.2, 0.25) is 0 Å². The Hall–Kier alpha value is -0.790. The van der Waals surface area contributed by atoms with Gasteiger partial charge in [0.25, 0.3) is 0 Å². The van der Waals surface area contributed by atoms with Crippen molar-refractivity contribution in [2.24, 2.45) is 0 Å². The molecule has 1 aliphatic rings. The van der Waals surface area contributed by atoms with Crippen molar-refractivity contribution in [3.63, 3.8) is 0 Å². The molecule has 94 valence electrons. The van der Waals surface area contributed by atoms with E-state index in [9.17, 15) is 0 Å². The van der Waals surface area contributed by atoms with Crippen LogP contribution in [0.25, 0.3) is 6.08 Å². The summed E-state index contributed by atoms with van der Waals surface area (Å²) >= 11 is 0. The fourth-order valence-corrected chi connectivity index (χ4v) is 2.35. The second kappa shape index (κ2) is 6.83. The van der Waals surface area contributed by atoms with Gasteiger partial charge < -0.3 is 5.32 Å². The standard InChI is InChI=1S/C15H21N.ClH/c1-12-6-5-7-13(2)15(12)10-9-14-8-3-4-11-16-14;/h5-7,9-10,14,16H,3-4,8,11H2,1-2H3;1H. The van der Waals surface area contributed by atoms with Gasteiger partial charge in [-0.3, -0.25) is 0 Å². The molecular weight excluding hydrogens is 230 g/mol. The average molecular weight is 252 g/mol. The predicted octanol–water partition coefficient (Wildman–Crippen LogP) is 3.88. The number of piperidine rings is 1. The van der Waals surface area contributed by atoms with Crippen molar-refractivity contribution >= 4 is 18.5 Å². The monoisotopic (exact) mass is 251 g/mol. The fourth-order valence-electron chi connectivity index (χ4n) is 2.35. The molecular formula is C15H22ClN. The molecule has 0 spiro atoms. The van der Waals surface area contributed by atoms with Gasteiger partial charge in [-0.05, 0) is 49.9 Å². The lowest BCUT2D eigenvalue weighted by Crippen LogP contribution is -2.32. The third-order valence-electron chi connectivity index (χ3n) is 3.39. The van der Waals surface area contributed by atoms with Crippen LogP contribution in [0, 0.1) is 13.8 Å². The molecule has 0 aliphatic carbocycles. The summed E-state index contributed by atoms with van der Waals surface area (Å²) in [5, 5.41) is 3.54. The van der Waals surface area contributed by atoms with E-state index < -0.39 is 0 Å². The average Bonchev–Trinajstić information content (AvgIpc) is 2.30. The molecule has 0 aromatic heterocycles. The quantitative estimate of drug-likeness (QED) is 0.841. The Kier molecular flexibility index (Phi) is 5.73. The minimum Gasteiger partial charge on any atom is -0.311 e. The molecule has 17 heavy (non-hydrogen) atoms. The molecule has 1 fully saturated rings. The molecule has 1 aromatic rings. The maximum atomic E-state index is 3.54. The molecule has 1 unspecified atom stereocenters. The Morgan fingerprint density at radius 3 is 2.47 bits per heavy atom. The molecule has 0 bridgehead atoms. The highest BCUT2D eigenvalue weighted by Gasteiger charge is 2.08. The number of benzene rings is 1. The summed E-state index contributed by atoms with van der Waals surface area (Å²) in [6, 6.07) is 7.07. The van der Waals surface area contributed by atoms with Crippen molar-refractivity contribution in [2.45, 2.75) is 39.2 Å². The van der Waals surface area contributed by atoms with Crippen LogP contribution >= 0.6 is 12.4 Å². The Labute approximate surface area is 111 Å². The molecule has 1 nitrogen and oxygen atoms in total. The highest BCUT2D eigenvalue weighted by Crippen LogP contribution is 2.16. The number of rotatable bonds is 2. The van der Waals surface area contributed by atoms with Crippen LogP contribution in [-0.4, -0.2) is 12.6 Å². The molecule has 0 saturated carbocycles. The molecule has 2 rings (SSSR count). The van der Waals surface area contributed by atoms with Gasteiger partial charge in [0.05, 0.1) is 0 Å². The first-order valence-electron chi connectivity index (χ1n) is 6.25. The molecule has 1 N–H and O–H groups in total. The summed E-state index contributed by atoms with van der Waals surface area (Å²) < 4.78 is 0. The third-order valence-corrected chi connectivity index (χ3v) is 3.39. The topological polar surface area (TPSA) is 12.0 Å². The van der Waals surface area contributed by atoms with E-state index in [1.165, 1.54) is 42.5 Å². The van der Waals surface area contributed by atoms with E-state index in [4.69, 9.17) is 0 Å². The zero-order chi connectivity index (χ0) is 11.4. The van der Waals surface area contributed by atoms with Crippen LogP contribution in [0.4, 0.5) is 0 Å². The van der Waals surface area contributed by atoms with Gasteiger partial charge in [-0.1, -0.05) is 36.8 Å². The fraction of sp³-hybridized carbons (Fsp3) is 0.467. The largest absolute Gasteiger partial charge is 0.311 e. The summed E-state index contributed by atoms with van der Waals surface area (Å²) in [7, 11) is 0. The Morgan fingerprint density at radius 1 is 1.18 bits per heavy atom. The van der Waals surface area contributed by atoms with Gasteiger partial charge in [0.2, 0.25) is 0 Å². The summed E-state index contributed by atoms with van der Waals surface area (Å²) in [5.41, 5.74) is 4.12. The SMILES string of the molecule is Cc1cccc(C)c1C=CC1CCCCN1.Cl. The Balaban J connectivity index is 0.00000144. The number of halogens is 1. The van der Waals surface area contributed by atoms with Gasteiger partial charge in [-0.25, -0.2) is 0 Å². The molecule has 1 aliphatic heterocycles. The lowest BCUT2D eigenvalue weighted by atomic mass is 9.99. The van der Waals surface area contributed by atoms with E-state index in [1.54, 1.807) is 0 Å². The third kappa shape index (κ3) is 3.86. The van der Waals surface area contributed by atoms with Crippen molar-refractivity contribution in [3.05, 3.63) is 41.0 Å². The van der Waals surface area contributed by atoms with Crippen LogP contribution < -0.4 is 5.32 Å². The summed E-state index contributed by atoms with van der Waals surface area (Å²) in [6.07, 6.45) is 8.58.